The zero-order chi connectivity index (χ0) is 12.3. The van der Waals surface area contributed by atoms with Crippen molar-refractivity contribution in [2.45, 2.75) is 12.8 Å². The fourth-order valence-electron chi connectivity index (χ4n) is 1.12. The van der Waals surface area contributed by atoms with Crippen LogP contribution in [0.3, 0.4) is 0 Å². The molecule has 1 N–H and O–H groups in total. The lowest BCUT2D eigenvalue weighted by atomic mass is 10.1. The summed E-state index contributed by atoms with van der Waals surface area (Å²) in [7, 11) is 0. The Labute approximate surface area is 94.1 Å². The number of carboxylic acid groups (broad SMARTS) is 1. The molecule has 4 nitrogen and oxygen atoms in total. The second-order valence-electron chi connectivity index (χ2n) is 2.85. The van der Waals surface area contributed by atoms with Crippen LogP contribution in [0.25, 0.3) is 0 Å². The molecule has 0 radical (unpaired) electrons. The number of hydrogen-bond donors (Lipinski definition) is 1. The van der Waals surface area contributed by atoms with Gasteiger partial charge in [-0.25, -0.2) is 13.8 Å². The summed E-state index contributed by atoms with van der Waals surface area (Å²) < 4.78 is 25.0. The van der Waals surface area contributed by atoms with Crippen LogP contribution < -0.4 is 0 Å². The zero-order valence-corrected chi connectivity index (χ0v) is 8.50. The SMILES string of the molecule is N#Cc1cc(CC(=O)O)nc(Cl)c1C(F)F. The molecule has 0 fully saturated rings. The summed E-state index contributed by atoms with van der Waals surface area (Å²) in [5, 5.41) is 16.6. The number of pyridine rings is 1. The smallest absolute Gasteiger partial charge is 0.309 e. The van der Waals surface area contributed by atoms with E-state index in [0.29, 0.717) is 0 Å². The van der Waals surface area contributed by atoms with Gasteiger partial charge in [0.25, 0.3) is 6.43 Å². The minimum absolute atomic E-state index is 0.0292. The summed E-state index contributed by atoms with van der Waals surface area (Å²) >= 11 is 5.46. The van der Waals surface area contributed by atoms with Gasteiger partial charge in [-0.3, -0.25) is 4.79 Å². The Morgan fingerprint density at radius 2 is 2.31 bits per heavy atom. The van der Waals surface area contributed by atoms with Gasteiger partial charge in [0.15, 0.2) is 0 Å². The summed E-state index contributed by atoms with van der Waals surface area (Å²) in [5.74, 6) is -1.18. The number of alkyl halides is 2. The molecule has 0 unspecified atom stereocenters. The van der Waals surface area contributed by atoms with Crippen LogP contribution in [0.2, 0.25) is 5.15 Å². The minimum atomic E-state index is -2.92. The Kier molecular flexibility index (Phi) is 3.74. The summed E-state index contributed by atoms with van der Waals surface area (Å²) in [6.07, 6.45) is -3.40. The van der Waals surface area contributed by atoms with Gasteiger partial charge in [-0.2, -0.15) is 5.26 Å². The highest BCUT2D eigenvalue weighted by Gasteiger charge is 2.20. The highest BCUT2D eigenvalue weighted by molar-refractivity contribution is 6.30. The second-order valence-corrected chi connectivity index (χ2v) is 3.21. The molecule has 0 amide bonds. The predicted octanol–water partition coefficient (Wildman–Crippen LogP) is 2.17. The van der Waals surface area contributed by atoms with Crippen molar-refractivity contribution in [3.8, 4) is 6.07 Å². The average molecular weight is 247 g/mol. The fourth-order valence-corrected chi connectivity index (χ4v) is 1.41. The van der Waals surface area contributed by atoms with Gasteiger partial charge in [0, 0.05) is 0 Å². The molecule has 1 aromatic rings. The number of rotatable bonds is 3. The third-order valence-electron chi connectivity index (χ3n) is 1.74. The first kappa shape index (κ1) is 12.3. The standard InChI is InChI=1S/C9H5ClF2N2O2/c10-8-7(9(11)12)4(3-13)1-5(14-8)2-6(15)16/h1,9H,2H2,(H,15,16). The zero-order valence-electron chi connectivity index (χ0n) is 7.75. The van der Waals surface area contributed by atoms with Crippen LogP contribution in [0.1, 0.15) is 23.2 Å². The molecule has 1 aromatic heterocycles. The molecule has 7 heteroatoms. The molecule has 16 heavy (non-hydrogen) atoms. The Hall–Kier alpha value is -1.74. The molecule has 0 bridgehead atoms. The Morgan fingerprint density at radius 3 is 2.75 bits per heavy atom. The van der Waals surface area contributed by atoms with E-state index >= 15 is 0 Å². The lowest BCUT2D eigenvalue weighted by Gasteiger charge is -2.06. The molecule has 0 aliphatic carbocycles. The van der Waals surface area contributed by atoms with Gasteiger partial charge in [0.1, 0.15) is 5.15 Å². The van der Waals surface area contributed by atoms with Crippen LogP contribution in [0.5, 0.6) is 0 Å². The minimum Gasteiger partial charge on any atom is -0.481 e. The number of nitriles is 1. The van der Waals surface area contributed by atoms with Gasteiger partial charge in [0.05, 0.1) is 29.3 Å². The number of carbonyl (C=O) groups is 1. The maximum Gasteiger partial charge on any atom is 0.309 e. The quantitative estimate of drug-likeness (QED) is 0.830. The third-order valence-corrected chi connectivity index (χ3v) is 2.02. The molecule has 1 rings (SSSR count). The highest BCUT2D eigenvalue weighted by atomic mass is 35.5. The van der Waals surface area contributed by atoms with E-state index in [2.05, 4.69) is 4.98 Å². The summed E-state index contributed by atoms with van der Waals surface area (Å²) in [4.78, 5) is 13.9. The number of carboxylic acids is 1. The van der Waals surface area contributed by atoms with Crippen LogP contribution in [-0.2, 0) is 11.2 Å². The molecular formula is C9H5ClF2N2O2. The summed E-state index contributed by atoms with van der Waals surface area (Å²) in [6, 6.07) is 2.54. The Balaban J connectivity index is 3.28. The van der Waals surface area contributed by atoms with E-state index in [1.807, 2.05) is 0 Å². The number of hydrogen-bond acceptors (Lipinski definition) is 3. The normalized spacial score (nSPS) is 10.2. The van der Waals surface area contributed by atoms with Gasteiger partial charge in [0.2, 0.25) is 0 Å². The van der Waals surface area contributed by atoms with Crippen LogP contribution >= 0.6 is 11.6 Å². The van der Waals surface area contributed by atoms with Crippen molar-refractivity contribution in [1.29, 1.82) is 5.26 Å². The monoisotopic (exact) mass is 246 g/mol. The molecular weight excluding hydrogens is 242 g/mol. The lowest BCUT2D eigenvalue weighted by Crippen LogP contribution is -2.05. The first-order valence-electron chi connectivity index (χ1n) is 4.05. The van der Waals surface area contributed by atoms with E-state index in [4.69, 9.17) is 22.0 Å². The van der Waals surface area contributed by atoms with Crippen molar-refractivity contribution >= 4 is 17.6 Å². The highest BCUT2D eigenvalue weighted by Crippen LogP contribution is 2.29. The lowest BCUT2D eigenvalue weighted by molar-refractivity contribution is -0.136. The van der Waals surface area contributed by atoms with Crippen LogP contribution in [-0.4, -0.2) is 16.1 Å². The first-order valence-corrected chi connectivity index (χ1v) is 4.43. The molecule has 0 spiro atoms. The molecule has 1 heterocycles. The molecule has 84 valence electrons. The van der Waals surface area contributed by atoms with Gasteiger partial charge in [-0.05, 0) is 6.07 Å². The molecule has 0 atom stereocenters. The average Bonchev–Trinajstić information content (AvgIpc) is 2.14. The predicted molar refractivity (Wildman–Crippen MR) is 50.3 cm³/mol. The van der Waals surface area contributed by atoms with E-state index in [1.165, 1.54) is 6.07 Å². The number of aromatic nitrogens is 1. The van der Waals surface area contributed by atoms with Crippen LogP contribution in [0, 0.1) is 11.3 Å². The fraction of sp³-hybridized carbons (Fsp3) is 0.222. The molecule has 0 aromatic carbocycles. The van der Waals surface area contributed by atoms with Crippen molar-refractivity contribution in [3.05, 3.63) is 28.0 Å². The van der Waals surface area contributed by atoms with Crippen molar-refractivity contribution in [1.82, 2.24) is 4.98 Å². The van der Waals surface area contributed by atoms with E-state index in [9.17, 15) is 13.6 Å². The van der Waals surface area contributed by atoms with Gasteiger partial charge < -0.3 is 5.11 Å². The maximum atomic E-state index is 12.5. The molecule has 0 saturated heterocycles. The number of nitrogens with zero attached hydrogens (tertiary/aromatic N) is 2. The van der Waals surface area contributed by atoms with Crippen LogP contribution in [0.4, 0.5) is 8.78 Å². The van der Waals surface area contributed by atoms with Crippen molar-refractivity contribution in [2.24, 2.45) is 0 Å². The maximum absolute atomic E-state index is 12.5. The van der Waals surface area contributed by atoms with Gasteiger partial charge in [-0.15, -0.1) is 0 Å². The Bertz CT molecular complexity index is 471. The van der Waals surface area contributed by atoms with Crippen molar-refractivity contribution in [3.63, 3.8) is 0 Å². The molecule has 0 saturated carbocycles. The topological polar surface area (TPSA) is 74.0 Å². The molecule has 0 aliphatic heterocycles. The summed E-state index contributed by atoms with van der Waals surface area (Å²) in [6.45, 7) is 0. The van der Waals surface area contributed by atoms with Crippen molar-refractivity contribution in [2.75, 3.05) is 0 Å². The van der Waals surface area contributed by atoms with Crippen molar-refractivity contribution < 1.29 is 18.7 Å². The third kappa shape index (κ3) is 2.64. The van der Waals surface area contributed by atoms with E-state index in [0.717, 1.165) is 6.07 Å². The Morgan fingerprint density at radius 1 is 1.69 bits per heavy atom. The van der Waals surface area contributed by atoms with E-state index < -0.39 is 29.5 Å². The van der Waals surface area contributed by atoms with Gasteiger partial charge in [-0.1, -0.05) is 11.6 Å². The number of halogens is 3. The van der Waals surface area contributed by atoms with E-state index in [-0.39, 0.29) is 11.3 Å². The molecule has 0 aliphatic rings. The van der Waals surface area contributed by atoms with E-state index in [1.54, 1.807) is 0 Å². The van der Waals surface area contributed by atoms with Crippen LogP contribution in [0.15, 0.2) is 6.07 Å². The first-order chi connectivity index (χ1) is 7.45. The number of aliphatic carboxylic acids is 1. The second kappa shape index (κ2) is 4.86. The summed E-state index contributed by atoms with van der Waals surface area (Å²) in [5.41, 5.74) is -1.05. The largest absolute Gasteiger partial charge is 0.481 e. The van der Waals surface area contributed by atoms with Gasteiger partial charge >= 0.3 is 5.97 Å².